The summed E-state index contributed by atoms with van der Waals surface area (Å²) < 4.78 is 5.15. The molecular formula is C23H19N5O2. The summed E-state index contributed by atoms with van der Waals surface area (Å²) in [4.78, 5) is 24.6. The molecule has 0 saturated carbocycles. The van der Waals surface area contributed by atoms with Crippen molar-refractivity contribution in [2.45, 2.75) is 20.3 Å². The van der Waals surface area contributed by atoms with Gasteiger partial charge in [0.15, 0.2) is 0 Å². The number of carbonyl (C=O) groups excluding carboxylic acids is 1. The maximum atomic E-state index is 11.7. The monoisotopic (exact) mass is 397 g/mol. The molecule has 7 heteroatoms. The van der Waals surface area contributed by atoms with Crippen molar-refractivity contribution < 1.29 is 9.21 Å². The summed E-state index contributed by atoms with van der Waals surface area (Å²) >= 11 is 0. The zero-order chi connectivity index (χ0) is 20.9. The van der Waals surface area contributed by atoms with Crippen LogP contribution in [0.1, 0.15) is 23.6 Å². The highest BCUT2D eigenvalue weighted by molar-refractivity contribution is 6.04. The van der Waals surface area contributed by atoms with E-state index in [0.717, 1.165) is 28.6 Å². The van der Waals surface area contributed by atoms with Gasteiger partial charge in [-0.1, -0.05) is 12.0 Å². The highest BCUT2D eigenvalue weighted by Crippen LogP contribution is 2.26. The highest BCUT2D eigenvalue weighted by Gasteiger charge is 2.09. The van der Waals surface area contributed by atoms with Gasteiger partial charge in [0.05, 0.1) is 24.2 Å². The van der Waals surface area contributed by atoms with Gasteiger partial charge in [-0.3, -0.25) is 10.1 Å². The minimum atomic E-state index is -0.417. The Labute approximate surface area is 173 Å². The number of nitrogens with zero attached hydrogens (tertiary/aromatic N) is 3. The van der Waals surface area contributed by atoms with E-state index < -0.39 is 5.91 Å². The van der Waals surface area contributed by atoms with E-state index in [-0.39, 0.29) is 0 Å². The minimum absolute atomic E-state index is 0.389. The van der Waals surface area contributed by atoms with Gasteiger partial charge in [0.1, 0.15) is 18.0 Å². The summed E-state index contributed by atoms with van der Waals surface area (Å²) in [5, 5.41) is 6.73. The van der Waals surface area contributed by atoms with Crippen LogP contribution < -0.4 is 10.6 Å². The summed E-state index contributed by atoms with van der Waals surface area (Å²) in [7, 11) is 0. The van der Waals surface area contributed by atoms with E-state index in [2.05, 4.69) is 56.5 Å². The first-order valence-electron chi connectivity index (χ1n) is 9.34. The molecule has 0 radical (unpaired) electrons. The van der Waals surface area contributed by atoms with Gasteiger partial charge in [-0.25, -0.2) is 15.0 Å². The van der Waals surface area contributed by atoms with Gasteiger partial charge in [0.25, 0.3) is 0 Å². The van der Waals surface area contributed by atoms with E-state index in [0.29, 0.717) is 17.2 Å². The maximum absolute atomic E-state index is 11.7. The average molecular weight is 397 g/mol. The molecule has 0 spiro atoms. The zero-order valence-electron chi connectivity index (χ0n) is 16.6. The van der Waals surface area contributed by atoms with Crippen molar-refractivity contribution in [3.63, 3.8) is 0 Å². The number of furan rings is 1. The largest absolute Gasteiger partial charge is 0.472 e. The molecule has 3 heterocycles. The van der Waals surface area contributed by atoms with Crippen molar-refractivity contribution in [3.8, 4) is 11.8 Å². The Hall–Kier alpha value is -4.18. The lowest BCUT2D eigenvalue weighted by molar-refractivity contribution is -0.111. The van der Waals surface area contributed by atoms with E-state index in [1.807, 2.05) is 12.1 Å². The number of aryl methyl sites for hydroxylation is 1. The number of rotatable bonds is 5. The Bertz CT molecular complexity index is 1270. The second kappa shape index (κ2) is 8.45. The van der Waals surface area contributed by atoms with Crippen molar-refractivity contribution in [3.05, 3.63) is 72.1 Å². The first-order valence-corrected chi connectivity index (χ1v) is 9.34. The summed E-state index contributed by atoms with van der Waals surface area (Å²) in [6.07, 6.45) is 7.33. The summed E-state index contributed by atoms with van der Waals surface area (Å²) in [5.41, 5.74) is 5.09. The molecule has 2 N–H and O–H groups in total. The van der Waals surface area contributed by atoms with Crippen molar-refractivity contribution in [1.29, 1.82) is 0 Å². The summed E-state index contributed by atoms with van der Waals surface area (Å²) in [5.74, 6) is 5.59. The number of benzene rings is 1. The van der Waals surface area contributed by atoms with Gasteiger partial charge in [-0.15, -0.1) is 0 Å². The smallest absolute Gasteiger partial charge is 0.301 e. The molecule has 30 heavy (non-hydrogen) atoms. The lowest BCUT2D eigenvalue weighted by Crippen LogP contribution is -2.10. The van der Waals surface area contributed by atoms with Crippen LogP contribution in [0.4, 0.5) is 17.3 Å². The van der Waals surface area contributed by atoms with Crippen molar-refractivity contribution >= 4 is 34.1 Å². The Morgan fingerprint density at radius 1 is 1.17 bits per heavy atom. The molecule has 1 aromatic carbocycles. The lowest BCUT2D eigenvalue weighted by Gasteiger charge is -2.12. The molecule has 0 aliphatic rings. The van der Waals surface area contributed by atoms with Gasteiger partial charge in [0.2, 0.25) is 0 Å². The number of aromatic nitrogens is 3. The Morgan fingerprint density at radius 3 is 2.83 bits per heavy atom. The molecule has 0 fully saturated rings. The number of hydrogen-bond donors (Lipinski definition) is 2. The van der Waals surface area contributed by atoms with Crippen molar-refractivity contribution in [2.24, 2.45) is 0 Å². The van der Waals surface area contributed by atoms with Crippen LogP contribution in [0.2, 0.25) is 0 Å². The number of anilines is 3. The molecule has 7 nitrogen and oxygen atoms in total. The van der Waals surface area contributed by atoms with Gasteiger partial charge >= 0.3 is 5.91 Å². The molecule has 0 atom stereocenters. The molecule has 3 aromatic heterocycles. The standard InChI is InChI=1S/C23H19N5O2/c1-3-4-22(29)28-21-11-19-20(12-24-21)25-14-26-23(19)27-18-6-5-17(15(2)9-18)10-16-7-8-30-13-16/h5-9,11-14H,10H2,1-2H3,(H,24,28,29)(H,25,26,27). The average Bonchev–Trinajstić information content (AvgIpc) is 3.24. The minimum Gasteiger partial charge on any atom is -0.472 e. The normalized spacial score (nSPS) is 10.3. The molecule has 0 aliphatic heterocycles. The molecule has 4 rings (SSSR count). The van der Waals surface area contributed by atoms with Gasteiger partial charge in [0, 0.05) is 17.5 Å². The SMILES string of the molecule is CC#CC(=O)Nc1cc2c(Nc3ccc(Cc4ccoc4)c(C)c3)ncnc2cn1. The van der Waals surface area contributed by atoms with Crippen molar-refractivity contribution in [1.82, 2.24) is 15.0 Å². The van der Waals surface area contributed by atoms with Crippen LogP contribution in [-0.2, 0) is 11.2 Å². The molecule has 1 amide bonds. The van der Waals surface area contributed by atoms with E-state index in [1.165, 1.54) is 11.9 Å². The van der Waals surface area contributed by atoms with Crippen LogP contribution in [0.5, 0.6) is 0 Å². The van der Waals surface area contributed by atoms with Crippen LogP contribution in [0, 0.1) is 18.8 Å². The second-order valence-corrected chi connectivity index (χ2v) is 6.71. The number of carbonyl (C=O) groups is 1. The quantitative estimate of drug-likeness (QED) is 0.490. The molecule has 0 saturated heterocycles. The Morgan fingerprint density at radius 2 is 2.07 bits per heavy atom. The van der Waals surface area contributed by atoms with Gasteiger partial charge < -0.3 is 9.73 Å². The first kappa shape index (κ1) is 19.2. The number of amides is 1. The van der Waals surface area contributed by atoms with Gasteiger partial charge in [-0.2, -0.15) is 0 Å². The molecule has 4 aromatic rings. The first-order chi connectivity index (χ1) is 14.6. The lowest BCUT2D eigenvalue weighted by atomic mass is 10.0. The van der Waals surface area contributed by atoms with Crippen LogP contribution in [0.15, 0.2) is 59.8 Å². The predicted molar refractivity (Wildman–Crippen MR) is 115 cm³/mol. The van der Waals surface area contributed by atoms with Crippen LogP contribution in [-0.4, -0.2) is 20.9 Å². The van der Waals surface area contributed by atoms with Crippen molar-refractivity contribution in [2.75, 3.05) is 10.6 Å². The second-order valence-electron chi connectivity index (χ2n) is 6.71. The fourth-order valence-electron chi connectivity index (χ4n) is 3.11. The third-order valence-corrected chi connectivity index (χ3v) is 4.58. The predicted octanol–water partition coefficient (Wildman–Crippen LogP) is 4.22. The number of fused-ring (bicyclic) bond motifs is 1. The number of pyridine rings is 1. The van der Waals surface area contributed by atoms with E-state index >= 15 is 0 Å². The number of nitrogens with one attached hydrogen (secondary N) is 2. The number of hydrogen-bond acceptors (Lipinski definition) is 6. The molecule has 0 unspecified atom stereocenters. The molecule has 148 valence electrons. The molecular weight excluding hydrogens is 378 g/mol. The van der Waals surface area contributed by atoms with E-state index in [1.54, 1.807) is 31.7 Å². The maximum Gasteiger partial charge on any atom is 0.301 e. The summed E-state index contributed by atoms with van der Waals surface area (Å²) in [6, 6.07) is 9.87. The third-order valence-electron chi connectivity index (χ3n) is 4.58. The Kier molecular flexibility index (Phi) is 5.39. The molecule has 0 bridgehead atoms. The fraction of sp³-hybridized carbons (Fsp3) is 0.130. The highest BCUT2D eigenvalue weighted by atomic mass is 16.3. The van der Waals surface area contributed by atoms with Crippen LogP contribution >= 0.6 is 0 Å². The van der Waals surface area contributed by atoms with Crippen LogP contribution in [0.3, 0.4) is 0 Å². The molecule has 0 aliphatic carbocycles. The van der Waals surface area contributed by atoms with Gasteiger partial charge in [-0.05, 0) is 60.7 Å². The summed E-state index contributed by atoms with van der Waals surface area (Å²) in [6.45, 7) is 3.68. The zero-order valence-corrected chi connectivity index (χ0v) is 16.6. The third kappa shape index (κ3) is 4.28. The van der Waals surface area contributed by atoms with E-state index in [9.17, 15) is 4.79 Å². The van der Waals surface area contributed by atoms with E-state index in [4.69, 9.17) is 4.42 Å². The van der Waals surface area contributed by atoms with Crippen LogP contribution in [0.25, 0.3) is 10.9 Å². The topological polar surface area (TPSA) is 92.9 Å². The Balaban J connectivity index is 1.60. The fourth-order valence-corrected chi connectivity index (χ4v) is 3.11.